The van der Waals surface area contributed by atoms with Crippen LogP contribution in [-0.2, 0) is 0 Å². The Hall–Kier alpha value is -1.33. The van der Waals surface area contributed by atoms with E-state index in [-0.39, 0.29) is 11.6 Å². The molecule has 2 nitrogen and oxygen atoms in total. The van der Waals surface area contributed by atoms with E-state index in [1.807, 2.05) is 20.8 Å². The zero-order valence-corrected chi connectivity index (χ0v) is 11.7. The van der Waals surface area contributed by atoms with Gasteiger partial charge in [-0.1, -0.05) is 5.92 Å². The van der Waals surface area contributed by atoms with E-state index in [1.54, 1.807) is 0 Å². The molecular formula is C15H22N2. The normalized spacial score (nSPS) is 13.2. The smallest absolute Gasteiger partial charge is 0.0745 e. The van der Waals surface area contributed by atoms with Crippen LogP contribution in [0.5, 0.6) is 0 Å². The zero-order chi connectivity index (χ0) is 13.2. The van der Waals surface area contributed by atoms with Gasteiger partial charge in [0.05, 0.1) is 5.54 Å². The molecule has 1 rings (SSSR count). The van der Waals surface area contributed by atoms with Crippen LogP contribution in [0.15, 0.2) is 6.07 Å². The fourth-order valence-electron chi connectivity index (χ4n) is 2.34. The molecule has 0 saturated heterocycles. The minimum Gasteiger partial charge on any atom is -0.295 e. The summed E-state index contributed by atoms with van der Waals surface area (Å²) >= 11 is 0. The number of terminal acetylenes is 1. The molecule has 0 bridgehead atoms. The van der Waals surface area contributed by atoms with Crippen LogP contribution in [0.25, 0.3) is 0 Å². The average molecular weight is 230 g/mol. The number of hydrogen-bond donors (Lipinski definition) is 1. The van der Waals surface area contributed by atoms with Crippen molar-refractivity contribution in [2.75, 3.05) is 0 Å². The number of rotatable bonds is 3. The molecule has 0 fully saturated rings. The van der Waals surface area contributed by atoms with Gasteiger partial charge in [0.2, 0.25) is 0 Å². The molecule has 0 radical (unpaired) electrons. The third kappa shape index (κ3) is 3.31. The first-order valence-corrected chi connectivity index (χ1v) is 5.97. The molecule has 1 aromatic rings. The van der Waals surface area contributed by atoms with Crippen LogP contribution in [0, 0.1) is 33.1 Å². The number of hydrogen-bond acceptors (Lipinski definition) is 2. The average Bonchev–Trinajstić information content (AvgIpc) is 2.14. The molecule has 0 aliphatic carbocycles. The Kier molecular flexibility index (Phi) is 3.95. The highest BCUT2D eigenvalue weighted by Crippen LogP contribution is 2.23. The van der Waals surface area contributed by atoms with E-state index >= 15 is 0 Å². The van der Waals surface area contributed by atoms with Crippen LogP contribution in [-0.4, -0.2) is 10.5 Å². The molecule has 1 atom stereocenters. The van der Waals surface area contributed by atoms with E-state index in [0.29, 0.717) is 0 Å². The van der Waals surface area contributed by atoms with Crippen LogP contribution in [0.2, 0.25) is 0 Å². The van der Waals surface area contributed by atoms with Gasteiger partial charge in [-0.25, -0.2) is 0 Å². The molecule has 92 valence electrons. The number of aromatic nitrogens is 1. The van der Waals surface area contributed by atoms with Crippen molar-refractivity contribution >= 4 is 0 Å². The second kappa shape index (κ2) is 4.89. The lowest BCUT2D eigenvalue weighted by Gasteiger charge is -2.27. The minimum atomic E-state index is -0.302. The highest BCUT2D eigenvalue weighted by Gasteiger charge is 2.20. The lowest BCUT2D eigenvalue weighted by atomic mass is 9.97. The Bertz CT molecular complexity index is 429. The fraction of sp³-hybridized carbons (Fsp3) is 0.533. The summed E-state index contributed by atoms with van der Waals surface area (Å²) in [5.74, 6) is 2.76. The fourth-order valence-corrected chi connectivity index (χ4v) is 2.34. The largest absolute Gasteiger partial charge is 0.295 e. The van der Waals surface area contributed by atoms with Gasteiger partial charge in [0.25, 0.3) is 0 Å². The van der Waals surface area contributed by atoms with Crippen LogP contribution in [0.1, 0.15) is 49.3 Å². The second-order valence-corrected chi connectivity index (χ2v) is 5.21. The molecule has 2 heteroatoms. The molecule has 0 spiro atoms. The number of nitrogens with zero attached hydrogens (tertiary/aromatic N) is 1. The maximum absolute atomic E-state index is 5.50. The van der Waals surface area contributed by atoms with Gasteiger partial charge >= 0.3 is 0 Å². The van der Waals surface area contributed by atoms with E-state index in [4.69, 9.17) is 6.42 Å². The Morgan fingerprint density at radius 1 is 1.35 bits per heavy atom. The van der Waals surface area contributed by atoms with Gasteiger partial charge in [0.15, 0.2) is 0 Å². The third-order valence-corrected chi connectivity index (χ3v) is 2.96. The molecule has 1 unspecified atom stereocenters. The molecule has 0 aliphatic heterocycles. The standard InChI is InChI=1S/C15H22N2/c1-8-15(6,7)17-13(5)14-10(2)9-11(3)16-12(14)4/h1,9,13,17H,2-7H3. The molecule has 0 aliphatic rings. The predicted octanol–water partition coefficient (Wildman–Crippen LogP) is 3.07. The summed E-state index contributed by atoms with van der Waals surface area (Å²) in [5.41, 5.74) is 4.35. The highest BCUT2D eigenvalue weighted by atomic mass is 15.0. The van der Waals surface area contributed by atoms with Crippen molar-refractivity contribution in [3.63, 3.8) is 0 Å². The van der Waals surface area contributed by atoms with Crippen molar-refractivity contribution in [1.82, 2.24) is 10.3 Å². The second-order valence-electron chi connectivity index (χ2n) is 5.21. The summed E-state index contributed by atoms with van der Waals surface area (Å²) in [6.45, 7) is 12.3. The van der Waals surface area contributed by atoms with Crippen LogP contribution in [0.3, 0.4) is 0 Å². The topological polar surface area (TPSA) is 24.9 Å². The Morgan fingerprint density at radius 2 is 1.94 bits per heavy atom. The number of pyridine rings is 1. The molecule has 17 heavy (non-hydrogen) atoms. The lowest BCUT2D eigenvalue weighted by Crippen LogP contribution is -2.39. The highest BCUT2D eigenvalue weighted by molar-refractivity contribution is 5.34. The van der Waals surface area contributed by atoms with Crippen LogP contribution < -0.4 is 5.32 Å². The summed E-state index contributed by atoms with van der Waals surface area (Å²) in [6, 6.07) is 2.32. The van der Waals surface area contributed by atoms with Crippen molar-refractivity contribution < 1.29 is 0 Å². The van der Waals surface area contributed by atoms with Gasteiger partial charge in [0.1, 0.15) is 0 Å². The summed E-state index contributed by atoms with van der Waals surface area (Å²) in [7, 11) is 0. The number of nitrogens with one attached hydrogen (secondary N) is 1. The first-order chi connectivity index (χ1) is 7.76. The van der Waals surface area contributed by atoms with Crippen molar-refractivity contribution in [3.05, 3.63) is 28.6 Å². The lowest BCUT2D eigenvalue weighted by molar-refractivity contribution is 0.428. The van der Waals surface area contributed by atoms with Gasteiger partial charge < -0.3 is 0 Å². The molecule has 0 amide bonds. The van der Waals surface area contributed by atoms with Crippen LogP contribution in [0.4, 0.5) is 0 Å². The summed E-state index contributed by atoms with van der Waals surface area (Å²) in [5, 5.41) is 3.45. The first kappa shape index (κ1) is 13.7. The van der Waals surface area contributed by atoms with E-state index in [9.17, 15) is 0 Å². The molecule has 0 aromatic carbocycles. The van der Waals surface area contributed by atoms with E-state index in [1.165, 1.54) is 11.1 Å². The van der Waals surface area contributed by atoms with Gasteiger partial charge in [-0.05, 0) is 58.7 Å². The van der Waals surface area contributed by atoms with Gasteiger partial charge in [-0.15, -0.1) is 6.42 Å². The predicted molar refractivity (Wildman–Crippen MR) is 72.9 cm³/mol. The quantitative estimate of drug-likeness (QED) is 0.807. The summed E-state index contributed by atoms with van der Waals surface area (Å²) in [6.07, 6.45) is 5.50. The van der Waals surface area contributed by atoms with E-state index < -0.39 is 0 Å². The van der Waals surface area contributed by atoms with Crippen molar-refractivity contribution in [2.45, 2.75) is 53.1 Å². The molecule has 1 N–H and O–H groups in total. The summed E-state index contributed by atoms with van der Waals surface area (Å²) < 4.78 is 0. The van der Waals surface area contributed by atoms with E-state index in [2.05, 4.69) is 43.1 Å². The van der Waals surface area contributed by atoms with Crippen LogP contribution >= 0.6 is 0 Å². The van der Waals surface area contributed by atoms with E-state index in [0.717, 1.165) is 11.4 Å². The SMILES string of the molecule is C#CC(C)(C)NC(C)c1c(C)cc(C)nc1C. The molecule has 1 heterocycles. The third-order valence-electron chi connectivity index (χ3n) is 2.96. The van der Waals surface area contributed by atoms with Crippen molar-refractivity contribution in [2.24, 2.45) is 0 Å². The summed E-state index contributed by atoms with van der Waals surface area (Å²) in [4.78, 5) is 4.52. The van der Waals surface area contributed by atoms with Gasteiger partial charge in [-0.2, -0.15) is 0 Å². The van der Waals surface area contributed by atoms with Gasteiger partial charge in [-0.3, -0.25) is 10.3 Å². The maximum Gasteiger partial charge on any atom is 0.0745 e. The Morgan fingerprint density at radius 3 is 2.41 bits per heavy atom. The Labute approximate surface area is 105 Å². The molecule has 1 aromatic heterocycles. The van der Waals surface area contributed by atoms with Crippen molar-refractivity contribution in [1.29, 1.82) is 0 Å². The van der Waals surface area contributed by atoms with Crippen molar-refractivity contribution in [3.8, 4) is 12.3 Å². The number of aryl methyl sites for hydroxylation is 3. The monoisotopic (exact) mass is 230 g/mol. The first-order valence-electron chi connectivity index (χ1n) is 5.97. The molecular weight excluding hydrogens is 208 g/mol. The minimum absolute atomic E-state index is 0.203. The molecule has 0 saturated carbocycles. The zero-order valence-electron chi connectivity index (χ0n) is 11.7. The maximum atomic E-state index is 5.50. The Balaban J connectivity index is 3.06. The van der Waals surface area contributed by atoms with Gasteiger partial charge in [0, 0.05) is 17.4 Å².